The Bertz CT molecular complexity index is 429. The Morgan fingerprint density at radius 2 is 1.95 bits per heavy atom. The van der Waals surface area contributed by atoms with E-state index in [1.165, 1.54) is 0 Å². The highest BCUT2D eigenvalue weighted by Gasteiger charge is 2.56. The van der Waals surface area contributed by atoms with Crippen LogP contribution in [0.15, 0.2) is 0 Å². The minimum atomic E-state index is -0.882. The summed E-state index contributed by atoms with van der Waals surface area (Å²) in [5, 5.41) is 10.5. The number of ether oxygens (including phenoxy) is 1. The average molecular weight is 395 g/mol. The molecule has 5 nitrogen and oxygen atoms in total. The molecule has 0 aromatic carbocycles. The Morgan fingerprint density at radius 1 is 1.35 bits per heavy atom. The standard InChI is InChI=1S/C14H22INO4/c1-13(2,3)20-12(18)16-8-5-6-9(10(16)11(15)17)14(4,19)7-8/h8-10,19H,5-7H2,1-4H3/t8-,9-,10-,14+/m0/s1. The van der Waals surface area contributed by atoms with Crippen LogP contribution in [-0.2, 0) is 9.53 Å². The molecule has 4 atom stereocenters. The van der Waals surface area contributed by atoms with E-state index >= 15 is 0 Å². The summed E-state index contributed by atoms with van der Waals surface area (Å²) in [6.45, 7) is 7.20. The van der Waals surface area contributed by atoms with Crippen LogP contribution in [0.1, 0.15) is 47.0 Å². The fraction of sp³-hybridized carbons (Fsp3) is 0.857. The van der Waals surface area contributed by atoms with Gasteiger partial charge in [-0.05, 0) is 47.0 Å². The summed E-state index contributed by atoms with van der Waals surface area (Å²) in [6, 6.07) is -0.693. The second-order valence-corrected chi connectivity index (χ2v) is 8.10. The molecule has 0 aromatic rings. The molecule has 3 fully saturated rings. The molecule has 2 aliphatic heterocycles. The van der Waals surface area contributed by atoms with E-state index in [2.05, 4.69) is 0 Å². The predicted octanol–water partition coefficient (Wildman–Crippen LogP) is 2.49. The zero-order valence-electron chi connectivity index (χ0n) is 12.4. The Hall–Kier alpha value is -0.370. The third-order valence-corrected chi connectivity index (χ3v) is 4.81. The maximum atomic E-state index is 12.4. The van der Waals surface area contributed by atoms with Gasteiger partial charge in [-0.2, -0.15) is 0 Å². The van der Waals surface area contributed by atoms with E-state index in [-0.39, 0.29) is 15.7 Å². The summed E-state index contributed by atoms with van der Waals surface area (Å²) in [6.07, 6.45) is 1.66. The Kier molecular flexibility index (Phi) is 4.10. The lowest BCUT2D eigenvalue weighted by molar-refractivity contribution is -0.153. The van der Waals surface area contributed by atoms with Crippen molar-refractivity contribution in [3.8, 4) is 0 Å². The molecule has 3 rings (SSSR count). The summed E-state index contributed by atoms with van der Waals surface area (Å²) in [4.78, 5) is 25.9. The fourth-order valence-corrected chi connectivity index (χ4v) is 4.15. The third-order valence-electron chi connectivity index (χ3n) is 4.17. The topological polar surface area (TPSA) is 66.8 Å². The zero-order chi connectivity index (χ0) is 15.3. The number of amides is 1. The number of fused-ring (bicyclic) bond motifs is 3. The molecule has 1 aliphatic carbocycles. The van der Waals surface area contributed by atoms with Crippen LogP contribution in [0.25, 0.3) is 0 Å². The van der Waals surface area contributed by atoms with Crippen LogP contribution in [0, 0.1) is 5.92 Å². The molecular formula is C14H22INO4. The lowest BCUT2D eigenvalue weighted by Gasteiger charge is -2.56. The highest BCUT2D eigenvalue weighted by atomic mass is 127. The van der Waals surface area contributed by atoms with Crippen molar-refractivity contribution in [2.24, 2.45) is 5.92 Å². The number of halogens is 1. The number of hydrogen-bond donors (Lipinski definition) is 1. The van der Waals surface area contributed by atoms with Gasteiger partial charge in [0.2, 0.25) is 3.79 Å². The van der Waals surface area contributed by atoms with Crippen LogP contribution < -0.4 is 0 Å². The summed E-state index contributed by atoms with van der Waals surface area (Å²) in [7, 11) is 0. The van der Waals surface area contributed by atoms with Crippen LogP contribution in [-0.4, -0.2) is 43.2 Å². The first-order valence-corrected chi connectivity index (χ1v) is 8.04. The minimum absolute atomic E-state index is 0.108. The Morgan fingerprint density at radius 3 is 2.40 bits per heavy atom. The molecule has 1 saturated carbocycles. The summed E-state index contributed by atoms with van der Waals surface area (Å²) in [5.41, 5.74) is -1.47. The fourth-order valence-electron chi connectivity index (χ4n) is 3.41. The summed E-state index contributed by atoms with van der Waals surface area (Å²) in [5.74, 6) is -0.204. The lowest BCUT2D eigenvalue weighted by Crippen LogP contribution is -2.67. The number of aliphatic hydroxyl groups is 1. The van der Waals surface area contributed by atoms with Gasteiger partial charge in [-0.25, -0.2) is 4.79 Å². The van der Waals surface area contributed by atoms with Gasteiger partial charge >= 0.3 is 6.09 Å². The van der Waals surface area contributed by atoms with Gasteiger partial charge in [0.15, 0.2) is 0 Å². The number of piperidine rings is 2. The van der Waals surface area contributed by atoms with Crippen molar-refractivity contribution in [3.05, 3.63) is 0 Å². The van der Waals surface area contributed by atoms with Crippen molar-refractivity contribution in [1.82, 2.24) is 4.90 Å². The van der Waals surface area contributed by atoms with Gasteiger partial charge in [-0.1, -0.05) is 0 Å². The summed E-state index contributed by atoms with van der Waals surface area (Å²) >= 11 is 1.72. The molecule has 6 heteroatoms. The van der Waals surface area contributed by atoms with Crippen molar-refractivity contribution >= 4 is 32.5 Å². The van der Waals surface area contributed by atoms with Crippen molar-refractivity contribution in [1.29, 1.82) is 0 Å². The number of carbonyl (C=O) groups is 2. The minimum Gasteiger partial charge on any atom is -0.444 e. The molecule has 1 N–H and O–H groups in total. The molecule has 0 unspecified atom stereocenters. The van der Waals surface area contributed by atoms with Gasteiger partial charge in [-0.15, -0.1) is 0 Å². The van der Waals surface area contributed by atoms with Gasteiger partial charge in [0.05, 0.1) is 5.60 Å². The smallest absolute Gasteiger partial charge is 0.411 e. The van der Waals surface area contributed by atoms with E-state index in [0.717, 1.165) is 12.8 Å². The maximum absolute atomic E-state index is 12.4. The molecule has 0 radical (unpaired) electrons. The van der Waals surface area contributed by atoms with Gasteiger partial charge < -0.3 is 9.84 Å². The molecule has 114 valence electrons. The molecule has 0 aromatic heterocycles. The van der Waals surface area contributed by atoms with Crippen molar-refractivity contribution in [2.75, 3.05) is 0 Å². The molecule has 2 saturated heterocycles. The lowest BCUT2D eigenvalue weighted by atomic mass is 9.66. The molecule has 2 heterocycles. The largest absolute Gasteiger partial charge is 0.444 e. The van der Waals surface area contributed by atoms with Crippen LogP contribution in [0.4, 0.5) is 4.79 Å². The predicted molar refractivity (Wildman–Crippen MR) is 82.6 cm³/mol. The van der Waals surface area contributed by atoms with E-state index < -0.39 is 23.3 Å². The molecule has 20 heavy (non-hydrogen) atoms. The van der Waals surface area contributed by atoms with Crippen LogP contribution in [0.2, 0.25) is 0 Å². The first-order valence-electron chi connectivity index (χ1n) is 6.96. The molecule has 3 aliphatic rings. The second kappa shape index (κ2) is 5.12. The van der Waals surface area contributed by atoms with Gasteiger partial charge in [0.25, 0.3) is 0 Å². The SMILES string of the molecule is CC(C)(C)OC(=O)N1[C@H]2CC[C@@H]([C@H]1C(=O)I)[C@](C)(O)C2. The van der Waals surface area contributed by atoms with E-state index in [9.17, 15) is 14.7 Å². The highest BCUT2D eigenvalue weighted by Crippen LogP contribution is 2.46. The molecular weight excluding hydrogens is 373 g/mol. The van der Waals surface area contributed by atoms with Crippen molar-refractivity contribution in [3.63, 3.8) is 0 Å². The maximum Gasteiger partial charge on any atom is 0.411 e. The number of hydrogen-bond acceptors (Lipinski definition) is 4. The Balaban J connectivity index is 2.28. The van der Waals surface area contributed by atoms with Crippen LogP contribution in [0.3, 0.4) is 0 Å². The highest BCUT2D eigenvalue weighted by molar-refractivity contribution is 14.1. The monoisotopic (exact) mass is 395 g/mol. The number of rotatable bonds is 1. The molecule has 2 bridgehead atoms. The summed E-state index contributed by atoms with van der Waals surface area (Å²) < 4.78 is 5.32. The van der Waals surface area contributed by atoms with E-state index in [1.54, 1.807) is 34.4 Å². The van der Waals surface area contributed by atoms with Crippen LogP contribution in [0.5, 0.6) is 0 Å². The quantitative estimate of drug-likeness (QED) is 0.547. The number of carbonyl (C=O) groups excluding carboxylic acids is 2. The first kappa shape index (κ1) is 16.0. The normalized spacial score (nSPS) is 36.9. The van der Waals surface area contributed by atoms with Gasteiger partial charge in [0, 0.05) is 34.6 Å². The third kappa shape index (κ3) is 2.95. The van der Waals surface area contributed by atoms with Gasteiger partial charge in [-0.3, -0.25) is 9.69 Å². The van der Waals surface area contributed by atoms with E-state index in [0.29, 0.717) is 6.42 Å². The zero-order valence-corrected chi connectivity index (χ0v) is 14.5. The number of nitrogens with zero attached hydrogens (tertiary/aromatic N) is 1. The van der Waals surface area contributed by atoms with E-state index in [1.807, 2.05) is 20.8 Å². The average Bonchev–Trinajstić information content (AvgIpc) is 2.24. The first-order chi connectivity index (χ1) is 9.03. The Labute approximate surface area is 133 Å². The van der Waals surface area contributed by atoms with Gasteiger partial charge in [0.1, 0.15) is 11.6 Å². The molecule has 0 spiro atoms. The van der Waals surface area contributed by atoms with Crippen LogP contribution >= 0.6 is 22.6 Å². The second-order valence-electron chi connectivity index (χ2n) is 7.04. The molecule has 1 amide bonds. The van der Waals surface area contributed by atoms with Crippen molar-refractivity contribution in [2.45, 2.75) is 70.2 Å². The van der Waals surface area contributed by atoms with E-state index in [4.69, 9.17) is 4.74 Å². The van der Waals surface area contributed by atoms with Crippen molar-refractivity contribution < 1.29 is 19.4 Å².